The van der Waals surface area contributed by atoms with Crippen molar-refractivity contribution in [3.63, 3.8) is 0 Å². The third-order valence-corrected chi connectivity index (χ3v) is 4.74. The lowest BCUT2D eigenvalue weighted by Crippen LogP contribution is -2.30. The van der Waals surface area contributed by atoms with Gasteiger partial charge in [0.1, 0.15) is 5.75 Å². The van der Waals surface area contributed by atoms with Crippen LogP contribution in [0.2, 0.25) is 0 Å². The van der Waals surface area contributed by atoms with Crippen LogP contribution in [0.4, 0.5) is 0 Å². The molecule has 1 saturated heterocycles. The summed E-state index contributed by atoms with van der Waals surface area (Å²) in [4.78, 5) is 0. The topological polar surface area (TPSA) is 21.3 Å². The summed E-state index contributed by atoms with van der Waals surface area (Å²) < 4.78 is 7.17. The van der Waals surface area contributed by atoms with Gasteiger partial charge in [0.25, 0.3) is 0 Å². The molecule has 2 aliphatic rings. The fraction of sp³-hybridized carbons (Fsp3) is 0.625. The molecule has 3 rings (SSSR count). The zero-order valence-electron chi connectivity index (χ0n) is 11.3. The molecule has 1 aliphatic carbocycles. The van der Waals surface area contributed by atoms with Crippen LogP contribution in [0.25, 0.3) is 0 Å². The Hall–Kier alpha value is -0.540. The monoisotopic (exact) mass is 323 g/mol. The highest BCUT2D eigenvalue weighted by molar-refractivity contribution is 9.10. The van der Waals surface area contributed by atoms with E-state index in [9.17, 15) is 0 Å². The lowest BCUT2D eigenvalue weighted by Gasteiger charge is -2.24. The Morgan fingerprint density at radius 1 is 1.21 bits per heavy atom. The molecule has 3 heteroatoms. The van der Waals surface area contributed by atoms with Crippen molar-refractivity contribution in [3.05, 3.63) is 28.2 Å². The van der Waals surface area contributed by atoms with Crippen molar-refractivity contribution in [2.24, 2.45) is 11.8 Å². The van der Waals surface area contributed by atoms with Gasteiger partial charge >= 0.3 is 0 Å². The van der Waals surface area contributed by atoms with E-state index in [0.29, 0.717) is 0 Å². The quantitative estimate of drug-likeness (QED) is 0.890. The molecule has 19 heavy (non-hydrogen) atoms. The molecule has 1 saturated carbocycles. The Morgan fingerprint density at radius 2 is 2.11 bits per heavy atom. The van der Waals surface area contributed by atoms with Crippen molar-refractivity contribution in [1.29, 1.82) is 0 Å². The van der Waals surface area contributed by atoms with E-state index in [4.69, 9.17) is 4.74 Å². The van der Waals surface area contributed by atoms with Crippen LogP contribution in [-0.4, -0.2) is 19.7 Å². The Kier molecular flexibility index (Phi) is 4.44. The van der Waals surface area contributed by atoms with Crippen LogP contribution in [0.3, 0.4) is 0 Å². The number of rotatable bonds is 5. The first-order valence-corrected chi connectivity index (χ1v) is 8.23. The van der Waals surface area contributed by atoms with E-state index in [2.05, 4.69) is 39.4 Å². The van der Waals surface area contributed by atoms with Gasteiger partial charge in [-0.1, -0.05) is 12.1 Å². The first-order valence-electron chi connectivity index (χ1n) is 7.44. The average Bonchev–Trinajstić information content (AvgIpc) is 3.23. The predicted octanol–water partition coefficient (Wildman–Crippen LogP) is 3.78. The number of nitrogens with one attached hydrogen (secondary N) is 1. The van der Waals surface area contributed by atoms with Gasteiger partial charge in [-0.2, -0.15) is 0 Å². The minimum atomic E-state index is 0.756. The first-order chi connectivity index (χ1) is 9.33. The minimum absolute atomic E-state index is 0.756. The van der Waals surface area contributed by atoms with Gasteiger partial charge in [-0.3, -0.25) is 0 Å². The number of halogens is 1. The van der Waals surface area contributed by atoms with Gasteiger partial charge in [-0.25, -0.2) is 0 Å². The fourth-order valence-corrected chi connectivity index (χ4v) is 3.29. The van der Waals surface area contributed by atoms with Gasteiger partial charge < -0.3 is 10.1 Å². The van der Waals surface area contributed by atoms with Crippen LogP contribution in [0.5, 0.6) is 5.75 Å². The van der Waals surface area contributed by atoms with E-state index in [1.165, 1.54) is 37.8 Å². The van der Waals surface area contributed by atoms with Gasteiger partial charge in [0, 0.05) is 0 Å². The number of hydrogen-bond donors (Lipinski definition) is 1. The molecule has 1 aromatic carbocycles. The first kappa shape index (κ1) is 13.4. The molecule has 0 spiro atoms. The molecule has 0 aromatic heterocycles. The molecule has 1 aliphatic heterocycles. The van der Waals surface area contributed by atoms with Crippen molar-refractivity contribution in [3.8, 4) is 5.75 Å². The zero-order valence-corrected chi connectivity index (χ0v) is 12.9. The van der Waals surface area contributed by atoms with E-state index in [0.717, 1.165) is 41.6 Å². The third-order valence-electron chi connectivity index (χ3n) is 4.12. The summed E-state index contributed by atoms with van der Waals surface area (Å²) in [6.45, 7) is 3.22. The standard InChI is InChI=1S/C16H22BrNO/c17-15-5-1-4-14(9-13-3-2-8-18-10-13)16(15)19-11-12-6-7-12/h1,4-5,12-13,18H,2-3,6-11H2. The number of piperidine rings is 1. The molecule has 0 radical (unpaired) electrons. The van der Waals surface area contributed by atoms with Crippen molar-refractivity contribution >= 4 is 15.9 Å². The van der Waals surface area contributed by atoms with Crippen LogP contribution < -0.4 is 10.1 Å². The van der Waals surface area contributed by atoms with Gasteiger partial charge in [-0.15, -0.1) is 0 Å². The molecular weight excluding hydrogens is 302 g/mol. The summed E-state index contributed by atoms with van der Waals surface area (Å²) in [6.07, 6.45) is 6.45. The molecule has 0 amide bonds. The highest BCUT2D eigenvalue weighted by atomic mass is 79.9. The molecule has 1 atom stereocenters. The highest BCUT2D eigenvalue weighted by Gasteiger charge is 2.23. The smallest absolute Gasteiger partial charge is 0.136 e. The molecule has 0 bridgehead atoms. The Balaban J connectivity index is 1.68. The minimum Gasteiger partial charge on any atom is -0.492 e. The van der Waals surface area contributed by atoms with Crippen molar-refractivity contribution < 1.29 is 4.74 Å². The second kappa shape index (κ2) is 6.27. The number of benzene rings is 1. The molecule has 1 heterocycles. The van der Waals surface area contributed by atoms with E-state index >= 15 is 0 Å². The largest absolute Gasteiger partial charge is 0.492 e. The Morgan fingerprint density at radius 3 is 2.84 bits per heavy atom. The maximum absolute atomic E-state index is 6.07. The summed E-state index contributed by atoms with van der Waals surface area (Å²) in [5.74, 6) is 2.64. The van der Waals surface area contributed by atoms with Crippen LogP contribution in [0.1, 0.15) is 31.2 Å². The molecule has 1 unspecified atom stereocenters. The van der Waals surface area contributed by atoms with Crippen LogP contribution in [-0.2, 0) is 6.42 Å². The Labute approximate surface area is 124 Å². The molecule has 2 nitrogen and oxygen atoms in total. The van der Waals surface area contributed by atoms with Gasteiger partial charge in [0.2, 0.25) is 0 Å². The normalized spacial score (nSPS) is 23.3. The summed E-state index contributed by atoms with van der Waals surface area (Å²) in [6, 6.07) is 6.44. The summed E-state index contributed by atoms with van der Waals surface area (Å²) in [5, 5.41) is 3.50. The van der Waals surface area contributed by atoms with Gasteiger partial charge in [0.05, 0.1) is 11.1 Å². The highest BCUT2D eigenvalue weighted by Crippen LogP contribution is 2.35. The van der Waals surface area contributed by atoms with Crippen molar-refractivity contribution in [2.75, 3.05) is 19.7 Å². The van der Waals surface area contributed by atoms with Crippen molar-refractivity contribution in [1.82, 2.24) is 5.32 Å². The second-order valence-corrected chi connectivity index (χ2v) is 6.75. The summed E-state index contributed by atoms with van der Waals surface area (Å²) >= 11 is 3.64. The predicted molar refractivity (Wildman–Crippen MR) is 81.7 cm³/mol. The van der Waals surface area contributed by atoms with Gasteiger partial charge in [0.15, 0.2) is 0 Å². The van der Waals surface area contributed by atoms with E-state index in [1.54, 1.807) is 0 Å². The van der Waals surface area contributed by atoms with Crippen LogP contribution >= 0.6 is 15.9 Å². The maximum Gasteiger partial charge on any atom is 0.136 e. The summed E-state index contributed by atoms with van der Waals surface area (Å²) in [5.41, 5.74) is 1.36. The van der Waals surface area contributed by atoms with E-state index in [-0.39, 0.29) is 0 Å². The van der Waals surface area contributed by atoms with E-state index < -0.39 is 0 Å². The number of ether oxygens (including phenoxy) is 1. The molecule has 104 valence electrons. The van der Waals surface area contributed by atoms with Gasteiger partial charge in [-0.05, 0) is 84.6 Å². The molecule has 2 fully saturated rings. The number of para-hydroxylation sites is 1. The number of hydrogen-bond acceptors (Lipinski definition) is 2. The third kappa shape index (κ3) is 3.73. The molecule has 1 N–H and O–H groups in total. The van der Waals surface area contributed by atoms with Crippen LogP contribution in [0.15, 0.2) is 22.7 Å². The SMILES string of the molecule is Brc1cccc(CC2CCCNC2)c1OCC1CC1. The fourth-order valence-electron chi connectivity index (χ4n) is 2.77. The maximum atomic E-state index is 6.07. The average molecular weight is 324 g/mol. The molecule has 1 aromatic rings. The van der Waals surface area contributed by atoms with Crippen LogP contribution in [0, 0.1) is 11.8 Å². The lowest BCUT2D eigenvalue weighted by atomic mass is 9.92. The van der Waals surface area contributed by atoms with E-state index in [1.807, 2.05) is 0 Å². The Bertz CT molecular complexity index is 425. The molecular formula is C16H22BrNO. The zero-order chi connectivity index (χ0) is 13.1. The second-order valence-electron chi connectivity index (χ2n) is 5.90. The lowest BCUT2D eigenvalue weighted by molar-refractivity contribution is 0.291. The van der Waals surface area contributed by atoms with Crippen molar-refractivity contribution in [2.45, 2.75) is 32.1 Å². The summed E-state index contributed by atoms with van der Waals surface area (Å²) in [7, 11) is 0.